The van der Waals surface area contributed by atoms with Gasteiger partial charge in [0.2, 0.25) is 17.3 Å². The summed E-state index contributed by atoms with van der Waals surface area (Å²) < 4.78 is 0. The summed E-state index contributed by atoms with van der Waals surface area (Å²) in [5, 5.41) is 37.2. The van der Waals surface area contributed by atoms with Gasteiger partial charge in [-0.1, -0.05) is 30.3 Å². The first-order valence-corrected chi connectivity index (χ1v) is 8.73. The minimum absolute atomic E-state index is 0.0179. The molecule has 0 amide bonds. The number of phenols is 4. The molecular formula is C23H16O7. The molecular weight excluding hydrogens is 388 g/mol. The lowest BCUT2D eigenvalue weighted by molar-refractivity contribution is -0.110. The zero-order chi connectivity index (χ0) is 21.8. The van der Waals surface area contributed by atoms with Crippen molar-refractivity contribution in [2.24, 2.45) is 0 Å². The molecule has 1 aliphatic rings. The number of aromatic hydroxyl groups is 4. The molecule has 0 heterocycles. The zero-order valence-corrected chi connectivity index (χ0v) is 15.4. The van der Waals surface area contributed by atoms with Gasteiger partial charge in [-0.3, -0.25) is 14.4 Å². The first-order chi connectivity index (χ1) is 14.3. The van der Waals surface area contributed by atoms with E-state index in [2.05, 4.69) is 0 Å². The lowest BCUT2D eigenvalue weighted by Crippen LogP contribution is -2.15. The first-order valence-electron chi connectivity index (χ1n) is 8.73. The number of hydrogen-bond donors (Lipinski definition) is 4. The molecule has 1 aliphatic carbocycles. The summed E-state index contributed by atoms with van der Waals surface area (Å²) in [7, 11) is 0. The molecule has 0 radical (unpaired) electrons. The summed E-state index contributed by atoms with van der Waals surface area (Å²) in [5.74, 6) is -3.27. The van der Waals surface area contributed by atoms with Gasteiger partial charge in [-0.15, -0.1) is 0 Å². The van der Waals surface area contributed by atoms with Crippen molar-refractivity contribution in [2.75, 3.05) is 0 Å². The normalized spacial score (nSPS) is 12.0. The van der Waals surface area contributed by atoms with Gasteiger partial charge in [-0.05, 0) is 48.0 Å². The molecule has 4 rings (SSSR count). The van der Waals surface area contributed by atoms with Crippen LogP contribution in [0.3, 0.4) is 0 Å². The van der Waals surface area contributed by atoms with Crippen molar-refractivity contribution < 1.29 is 34.8 Å². The Labute approximate surface area is 170 Å². The Hall–Kier alpha value is -4.39. The highest BCUT2D eigenvalue weighted by molar-refractivity contribution is 6.49. The first kappa shape index (κ1) is 20.3. The highest BCUT2D eigenvalue weighted by atomic mass is 16.3. The van der Waals surface area contributed by atoms with E-state index in [0.29, 0.717) is 5.56 Å². The minimum Gasteiger partial charge on any atom is -0.508 e. The molecule has 0 saturated heterocycles. The van der Waals surface area contributed by atoms with Gasteiger partial charge in [0, 0.05) is 11.1 Å². The minimum atomic E-state index is -0.736. The summed E-state index contributed by atoms with van der Waals surface area (Å²) in [4.78, 5) is 34.1. The van der Waals surface area contributed by atoms with Crippen LogP contribution in [0, 0.1) is 0 Å². The average molecular weight is 404 g/mol. The molecule has 0 bridgehead atoms. The predicted octanol–water partition coefficient (Wildman–Crippen LogP) is 3.21. The highest BCUT2D eigenvalue weighted by Gasteiger charge is 2.19. The molecule has 3 aromatic rings. The van der Waals surface area contributed by atoms with Crippen LogP contribution in [-0.4, -0.2) is 37.8 Å². The van der Waals surface area contributed by atoms with Gasteiger partial charge in [0.05, 0.1) is 5.56 Å². The van der Waals surface area contributed by atoms with E-state index in [1.807, 2.05) is 12.1 Å². The Morgan fingerprint density at radius 3 is 2.07 bits per heavy atom. The number of Topliss-reactive ketones (excluding diaryl/α,β-unsaturated/α-hetero) is 1. The molecule has 0 aliphatic heterocycles. The molecule has 7 nitrogen and oxygen atoms in total. The zero-order valence-electron chi connectivity index (χ0n) is 15.4. The van der Waals surface area contributed by atoms with Crippen LogP contribution in [0.4, 0.5) is 0 Å². The fourth-order valence-electron chi connectivity index (χ4n) is 2.74. The van der Waals surface area contributed by atoms with Gasteiger partial charge in [0.15, 0.2) is 17.3 Å². The quantitative estimate of drug-likeness (QED) is 0.293. The van der Waals surface area contributed by atoms with Crippen molar-refractivity contribution in [3.63, 3.8) is 0 Å². The number of hydrogen-bond acceptors (Lipinski definition) is 7. The van der Waals surface area contributed by atoms with Crippen LogP contribution in [-0.2, 0) is 4.79 Å². The van der Waals surface area contributed by atoms with Gasteiger partial charge < -0.3 is 20.4 Å². The van der Waals surface area contributed by atoms with Crippen LogP contribution in [0.5, 0.6) is 23.0 Å². The van der Waals surface area contributed by atoms with E-state index in [9.17, 15) is 24.6 Å². The molecule has 4 N–H and O–H groups in total. The van der Waals surface area contributed by atoms with E-state index in [0.717, 1.165) is 11.6 Å². The lowest BCUT2D eigenvalue weighted by atomic mass is 9.96. The van der Waals surface area contributed by atoms with Crippen molar-refractivity contribution in [3.8, 4) is 23.0 Å². The summed E-state index contributed by atoms with van der Waals surface area (Å²) >= 11 is 0. The molecule has 150 valence electrons. The molecule has 0 saturated carbocycles. The van der Waals surface area contributed by atoms with Gasteiger partial charge in [-0.2, -0.15) is 0 Å². The Bertz CT molecular complexity index is 1170. The third-order valence-corrected chi connectivity index (χ3v) is 4.35. The van der Waals surface area contributed by atoms with Gasteiger partial charge in [0.25, 0.3) is 0 Å². The Kier molecular flexibility index (Phi) is 5.64. The van der Waals surface area contributed by atoms with Crippen LogP contribution in [0.15, 0.2) is 66.7 Å². The predicted molar refractivity (Wildman–Crippen MR) is 108 cm³/mol. The van der Waals surface area contributed by atoms with Crippen LogP contribution >= 0.6 is 0 Å². The second-order valence-electron chi connectivity index (χ2n) is 6.32. The third-order valence-electron chi connectivity index (χ3n) is 4.35. The Morgan fingerprint density at radius 2 is 1.37 bits per heavy atom. The maximum atomic E-state index is 12.0. The number of benzene rings is 3. The standard InChI is InChI=1S/C13H10O5.C10H6O2/c14-8-3-1-7(2-4-8)11(16)9-5-6-10(15)13(18)12(9)17;11-9-6-5-7-3-1-2-4-8(7)10(9)12/h1-6,14-15,17-18H;1-6H. The maximum absolute atomic E-state index is 12.0. The smallest absolute Gasteiger partial charge is 0.233 e. The fourth-order valence-corrected chi connectivity index (χ4v) is 2.74. The number of allylic oxidation sites excluding steroid dienone is 1. The average Bonchev–Trinajstić information content (AvgIpc) is 2.75. The summed E-state index contributed by atoms with van der Waals surface area (Å²) in [6.07, 6.45) is 2.98. The summed E-state index contributed by atoms with van der Waals surface area (Å²) in [5.41, 5.74) is 1.44. The largest absolute Gasteiger partial charge is 0.508 e. The number of fused-ring (bicyclic) bond motifs is 1. The number of carbonyl (C=O) groups is 3. The molecule has 7 heteroatoms. The number of phenolic OH excluding ortho intramolecular Hbond substituents is 4. The molecule has 0 aromatic heterocycles. The highest BCUT2D eigenvalue weighted by Crippen LogP contribution is 2.37. The molecule has 3 aromatic carbocycles. The monoisotopic (exact) mass is 404 g/mol. The lowest BCUT2D eigenvalue weighted by Gasteiger charge is -2.06. The van der Waals surface area contributed by atoms with E-state index in [1.165, 1.54) is 36.4 Å². The van der Waals surface area contributed by atoms with E-state index in [1.54, 1.807) is 18.2 Å². The second kappa shape index (κ2) is 8.32. The Morgan fingerprint density at radius 1 is 0.700 bits per heavy atom. The number of ketones is 3. The molecule has 30 heavy (non-hydrogen) atoms. The van der Waals surface area contributed by atoms with Crippen molar-refractivity contribution in [2.45, 2.75) is 0 Å². The van der Waals surface area contributed by atoms with Gasteiger partial charge >= 0.3 is 0 Å². The third kappa shape index (κ3) is 4.05. The maximum Gasteiger partial charge on any atom is 0.233 e. The van der Waals surface area contributed by atoms with Crippen LogP contribution in [0.1, 0.15) is 31.8 Å². The van der Waals surface area contributed by atoms with E-state index >= 15 is 0 Å². The fraction of sp³-hybridized carbons (Fsp3) is 0. The van der Waals surface area contributed by atoms with E-state index < -0.39 is 34.6 Å². The second-order valence-corrected chi connectivity index (χ2v) is 6.32. The van der Waals surface area contributed by atoms with Crippen molar-refractivity contribution in [1.29, 1.82) is 0 Å². The van der Waals surface area contributed by atoms with Crippen molar-refractivity contribution in [1.82, 2.24) is 0 Å². The SMILES string of the molecule is O=C(c1ccc(O)cc1)c1ccc(O)c(O)c1O.O=C1C=Cc2ccccc2C1=O. The summed E-state index contributed by atoms with van der Waals surface area (Å²) in [6, 6.07) is 14.9. The number of rotatable bonds is 2. The van der Waals surface area contributed by atoms with Crippen LogP contribution in [0.25, 0.3) is 6.08 Å². The van der Waals surface area contributed by atoms with Crippen molar-refractivity contribution >= 4 is 23.4 Å². The van der Waals surface area contributed by atoms with Gasteiger partial charge in [0.1, 0.15) is 5.75 Å². The molecule has 0 unspecified atom stereocenters. The molecule has 0 fully saturated rings. The summed E-state index contributed by atoms with van der Waals surface area (Å²) in [6.45, 7) is 0. The van der Waals surface area contributed by atoms with Gasteiger partial charge in [-0.25, -0.2) is 0 Å². The van der Waals surface area contributed by atoms with E-state index in [-0.39, 0.29) is 16.9 Å². The van der Waals surface area contributed by atoms with Crippen LogP contribution < -0.4 is 0 Å². The van der Waals surface area contributed by atoms with E-state index in [4.69, 9.17) is 10.2 Å². The molecule has 0 spiro atoms. The van der Waals surface area contributed by atoms with Crippen molar-refractivity contribution in [3.05, 3.63) is 89.0 Å². The van der Waals surface area contributed by atoms with Crippen LogP contribution in [0.2, 0.25) is 0 Å². The topological polar surface area (TPSA) is 132 Å². The molecule has 0 atom stereocenters. The Balaban J connectivity index is 0.000000184. The number of carbonyl (C=O) groups excluding carboxylic acids is 3.